The minimum absolute atomic E-state index is 0.125. The summed E-state index contributed by atoms with van der Waals surface area (Å²) in [6, 6.07) is 13.6. The van der Waals surface area contributed by atoms with Crippen LogP contribution in [0, 0.1) is 0 Å². The van der Waals surface area contributed by atoms with E-state index in [1.807, 2.05) is 48.5 Å². The smallest absolute Gasteiger partial charge is 0.189 e. The maximum atomic E-state index is 12.4. The Morgan fingerprint density at radius 2 is 1.76 bits per heavy atom. The van der Waals surface area contributed by atoms with Crippen molar-refractivity contribution in [2.24, 2.45) is 0 Å². The Morgan fingerprint density at radius 1 is 0.952 bits per heavy atom. The zero-order chi connectivity index (χ0) is 14.2. The van der Waals surface area contributed by atoms with Crippen LogP contribution in [0.2, 0.25) is 0 Å². The fourth-order valence-corrected chi connectivity index (χ4v) is 2.82. The summed E-state index contributed by atoms with van der Waals surface area (Å²) in [4.78, 5) is 12.4. The van der Waals surface area contributed by atoms with Gasteiger partial charge in [0.1, 0.15) is 13.2 Å². The largest absolute Gasteiger partial charge is 0.486 e. The maximum Gasteiger partial charge on any atom is 0.189 e. The first-order valence-electron chi connectivity index (χ1n) is 7.04. The van der Waals surface area contributed by atoms with Crippen LogP contribution in [0.15, 0.2) is 48.0 Å². The number of fused-ring (bicyclic) bond motifs is 2. The number of carbonyl (C=O) groups excluding carboxylic acids is 1. The quantitative estimate of drug-likeness (QED) is 0.751. The van der Waals surface area contributed by atoms with E-state index < -0.39 is 0 Å². The first kappa shape index (κ1) is 12.2. The molecule has 0 aromatic heterocycles. The van der Waals surface area contributed by atoms with Crippen LogP contribution >= 0.6 is 0 Å². The Balaban J connectivity index is 1.69. The van der Waals surface area contributed by atoms with Gasteiger partial charge in [-0.2, -0.15) is 0 Å². The van der Waals surface area contributed by atoms with Crippen LogP contribution < -0.4 is 9.47 Å². The second-order valence-corrected chi connectivity index (χ2v) is 5.24. The van der Waals surface area contributed by atoms with E-state index in [0.717, 1.165) is 33.8 Å². The molecule has 0 bridgehead atoms. The van der Waals surface area contributed by atoms with Gasteiger partial charge in [-0.1, -0.05) is 30.3 Å². The van der Waals surface area contributed by atoms with Crippen molar-refractivity contribution in [1.82, 2.24) is 0 Å². The lowest BCUT2D eigenvalue weighted by Crippen LogP contribution is -2.15. The topological polar surface area (TPSA) is 35.5 Å². The van der Waals surface area contributed by atoms with Crippen LogP contribution in [-0.4, -0.2) is 19.0 Å². The second-order valence-electron chi connectivity index (χ2n) is 5.24. The number of carbonyl (C=O) groups is 1. The highest BCUT2D eigenvalue weighted by Gasteiger charge is 2.24. The molecule has 0 amide bonds. The van der Waals surface area contributed by atoms with Crippen molar-refractivity contribution in [2.45, 2.75) is 6.42 Å². The van der Waals surface area contributed by atoms with Gasteiger partial charge in [0, 0.05) is 17.6 Å². The Bertz CT molecular complexity index is 759. The van der Waals surface area contributed by atoms with Gasteiger partial charge in [-0.15, -0.1) is 0 Å². The van der Waals surface area contributed by atoms with E-state index in [1.165, 1.54) is 0 Å². The van der Waals surface area contributed by atoms with Gasteiger partial charge in [-0.05, 0) is 29.3 Å². The third-order valence-corrected chi connectivity index (χ3v) is 3.84. The van der Waals surface area contributed by atoms with Crippen molar-refractivity contribution in [2.75, 3.05) is 13.2 Å². The summed E-state index contributed by atoms with van der Waals surface area (Å²) in [5, 5.41) is 0. The molecule has 2 aromatic carbocycles. The molecule has 0 saturated heterocycles. The Morgan fingerprint density at radius 3 is 2.62 bits per heavy atom. The number of hydrogen-bond donors (Lipinski definition) is 0. The molecule has 4 rings (SSSR count). The molecule has 1 aliphatic heterocycles. The van der Waals surface area contributed by atoms with Crippen molar-refractivity contribution in [3.8, 4) is 11.5 Å². The molecule has 21 heavy (non-hydrogen) atoms. The minimum atomic E-state index is 0.125. The van der Waals surface area contributed by atoms with Crippen molar-refractivity contribution in [3.63, 3.8) is 0 Å². The maximum absolute atomic E-state index is 12.4. The number of hydrogen-bond acceptors (Lipinski definition) is 3. The monoisotopic (exact) mass is 278 g/mol. The van der Waals surface area contributed by atoms with Crippen LogP contribution in [0.4, 0.5) is 0 Å². The summed E-state index contributed by atoms with van der Waals surface area (Å²) in [7, 11) is 0. The number of allylic oxidation sites excluding steroid dienone is 1. The van der Waals surface area contributed by atoms with Crippen LogP contribution in [-0.2, 0) is 6.42 Å². The van der Waals surface area contributed by atoms with E-state index in [4.69, 9.17) is 9.47 Å². The molecule has 0 saturated carbocycles. The molecule has 2 aliphatic rings. The fourth-order valence-electron chi connectivity index (χ4n) is 2.82. The highest BCUT2D eigenvalue weighted by molar-refractivity contribution is 6.15. The molecule has 0 radical (unpaired) electrons. The molecule has 2 aromatic rings. The fraction of sp³-hybridized carbons (Fsp3) is 0.167. The standard InChI is InChI=1S/C18H14O3/c19-18-14(11-13-3-1-2-4-15(13)18)9-12-5-6-16-17(10-12)21-8-7-20-16/h1-6,9-10H,7-8,11H2/b14-9+. The zero-order valence-electron chi connectivity index (χ0n) is 11.5. The molecule has 3 nitrogen and oxygen atoms in total. The van der Waals surface area contributed by atoms with Crippen LogP contribution in [0.3, 0.4) is 0 Å². The van der Waals surface area contributed by atoms with Crippen LogP contribution in [0.25, 0.3) is 6.08 Å². The van der Waals surface area contributed by atoms with E-state index >= 15 is 0 Å². The lowest BCUT2D eigenvalue weighted by Gasteiger charge is -2.18. The molecule has 104 valence electrons. The predicted octanol–water partition coefficient (Wildman–Crippen LogP) is 3.28. The molecule has 3 heteroatoms. The second kappa shape index (κ2) is 4.77. The molecular weight excluding hydrogens is 264 g/mol. The van der Waals surface area contributed by atoms with Gasteiger partial charge in [-0.3, -0.25) is 4.79 Å². The summed E-state index contributed by atoms with van der Waals surface area (Å²) >= 11 is 0. The predicted molar refractivity (Wildman–Crippen MR) is 79.9 cm³/mol. The molecule has 1 aliphatic carbocycles. The molecule has 0 spiro atoms. The summed E-state index contributed by atoms with van der Waals surface area (Å²) in [6.45, 7) is 1.15. The van der Waals surface area contributed by atoms with Gasteiger partial charge < -0.3 is 9.47 Å². The number of benzene rings is 2. The average molecular weight is 278 g/mol. The molecule has 1 heterocycles. The van der Waals surface area contributed by atoms with E-state index in [0.29, 0.717) is 19.6 Å². The summed E-state index contributed by atoms with van der Waals surface area (Å²) in [5.41, 5.74) is 3.72. The Hall–Kier alpha value is -2.55. The van der Waals surface area contributed by atoms with Crippen molar-refractivity contribution in [1.29, 1.82) is 0 Å². The number of ether oxygens (including phenoxy) is 2. The summed E-state index contributed by atoms with van der Waals surface area (Å²) in [6.07, 6.45) is 2.64. The van der Waals surface area contributed by atoms with Gasteiger partial charge in [0.05, 0.1) is 0 Å². The summed E-state index contributed by atoms with van der Waals surface area (Å²) in [5.74, 6) is 1.64. The molecule has 0 unspecified atom stereocenters. The Kier molecular flexibility index (Phi) is 2.78. The number of rotatable bonds is 1. The van der Waals surface area contributed by atoms with Gasteiger partial charge >= 0.3 is 0 Å². The van der Waals surface area contributed by atoms with Crippen LogP contribution in [0.1, 0.15) is 21.5 Å². The lowest BCUT2D eigenvalue weighted by atomic mass is 10.1. The zero-order valence-corrected chi connectivity index (χ0v) is 11.5. The van der Waals surface area contributed by atoms with Gasteiger partial charge in [-0.25, -0.2) is 0 Å². The van der Waals surface area contributed by atoms with Crippen molar-refractivity contribution < 1.29 is 14.3 Å². The van der Waals surface area contributed by atoms with Crippen molar-refractivity contribution >= 4 is 11.9 Å². The SMILES string of the molecule is O=C1/C(=C/c2ccc3c(c2)OCCO3)Cc2ccccc21. The van der Waals surface area contributed by atoms with E-state index in [9.17, 15) is 4.79 Å². The van der Waals surface area contributed by atoms with Crippen LogP contribution in [0.5, 0.6) is 11.5 Å². The number of Topliss-reactive ketones (excluding diaryl/α,β-unsaturated/α-hetero) is 1. The lowest BCUT2D eigenvalue weighted by molar-refractivity contribution is 0.104. The summed E-state index contributed by atoms with van der Waals surface area (Å²) < 4.78 is 11.1. The van der Waals surface area contributed by atoms with E-state index in [1.54, 1.807) is 0 Å². The first-order valence-corrected chi connectivity index (χ1v) is 7.04. The third kappa shape index (κ3) is 2.11. The molecule has 0 N–H and O–H groups in total. The van der Waals surface area contributed by atoms with Crippen molar-refractivity contribution in [3.05, 3.63) is 64.7 Å². The minimum Gasteiger partial charge on any atom is -0.486 e. The number of ketones is 1. The van der Waals surface area contributed by atoms with Gasteiger partial charge in [0.25, 0.3) is 0 Å². The third-order valence-electron chi connectivity index (χ3n) is 3.84. The molecular formula is C18H14O3. The molecule has 0 atom stereocenters. The Labute approximate surface area is 122 Å². The van der Waals surface area contributed by atoms with Gasteiger partial charge in [0.15, 0.2) is 17.3 Å². The highest BCUT2D eigenvalue weighted by Crippen LogP contribution is 2.33. The average Bonchev–Trinajstić information content (AvgIpc) is 2.84. The first-order chi connectivity index (χ1) is 10.3. The van der Waals surface area contributed by atoms with E-state index in [2.05, 4.69) is 0 Å². The molecule has 0 fully saturated rings. The highest BCUT2D eigenvalue weighted by atomic mass is 16.6. The van der Waals surface area contributed by atoms with E-state index in [-0.39, 0.29) is 5.78 Å². The van der Waals surface area contributed by atoms with Gasteiger partial charge in [0.2, 0.25) is 0 Å². The normalized spacial score (nSPS) is 17.9.